The van der Waals surface area contributed by atoms with Crippen LogP contribution in [0.15, 0.2) is 85.1 Å². The fourth-order valence-electron chi connectivity index (χ4n) is 3.53. The van der Waals surface area contributed by atoms with Gasteiger partial charge < -0.3 is 14.6 Å². The second-order valence-corrected chi connectivity index (χ2v) is 6.76. The van der Waals surface area contributed by atoms with Gasteiger partial charge in [-0.3, -0.25) is 4.79 Å². The lowest BCUT2D eigenvalue weighted by molar-refractivity contribution is 0.0944. The molecule has 28 heavy (non-hydrogen) atoms. The summed E-state index contributed by atoms with van der Waals surface area (Å²) >= 11 is 0. The number of hydrogen-bond acceptors (Lipinski definition) is 2. The van der Waals surface area contributed by atoms with E-state index in [4.69, 9.17) is 4.74 Å². The van der Waals surface area contributed by atoms with Gasteiger partial charge in [-0.05, 0) is 29.3 Å². The summed E-state index contributed by atoms with van der Waals surface area (Å²) in [6.45, 7) is 0. The monoisotopic (exact) mass is 370 g/mol. The fraction of sp³-hybridized carbons (Fsp3) is 0.125. The molecule has 1 amide bonds. The van der Waals surface area contributed by atoms with Crippen molar-refractivity contribution >= 4 is 16.8 Å². The number of aromatic nitrogens is 1. The molecule has 0 aliphatic carbocycles. The van der Waals surface area contributed by atoms with Crippen LogP contribution < -0.4 is 10.1 Å². The van der Waals surface area contributed by atoms with Crippen molar-refractivity contribution in [3.8, 4) is 5.75 Å². The first-order chi connectivity index (χ1) is 13.7. The first-order valence-corrected chi connectivity index (χ1v) is 9.21. The molecule has 1 atom stereocenters. The summed E-state index contributed by atoms with van der Waals surface area (Å²) in [6.07, 6.45) is 1.88. The molecule has 0 saturated carbocycles. The van der Waals surface area contributed by atoms with E-state index in [1.807, 2.05) is 96.7 Å². The third-order valence-corrected chi connectivity index (χ3v) is 5.00. The van der Waals surface area contributed by atoms with E-state index in [2.05, 4.69) is 5.32 Å². The van der Waals surface area contributed by atoms with Gasteiger partial charge in [0.15, 0.2) is 0 Å². The van der Waals surface area contributed by atoms with Gasteiger partial charge in [-0.2, -0.15) is 0 Å². The number of para-hydroxylation sites is 1. The van der Waals surface area contributed by atoms with Crippen LogP contribution in [0.1, 0.15) is 27.5 Å². The van der Waals surface area contributed by atoms with Crippen LogP contribution in [0.5, 0.6) is 5.75 Å². The highest BCUT2D eigenvalue weighted by atomic mass is 16.5. The molecule has 0 aliphatic heterocycles. The van der Waals surface area contributed by atoms with E-state index in [1.165, 1.54) is 0 Å². The van der Waals surface area contributed by atoms with Crippen LogP contribution in [0, 0.1) is 0 Å². The molecule has 0 aliphatic rings. The molecule has 1 unspecified atom stereocenters. The summed E-state index contributed by atoms with van der Waals surface area (Å²) in [4.78, 5) is 13.2. The van der Waals surface area contributed by atoms with Crippen molar-refractivity contribution in [2.24, 2.45) is 7.05 Å². The molecule has 3 aromatic carbocycles. The Morgan fingerprint density at radius 1 is 0.893 bits per heavy atom. The van der Waals surface area contributed by atoms with E-state index < -0.39 is 0 Å². The number of benzene rings is 3. The number of ether oxygens (including phenoxy) is 1. The summed E-state index contributed by atoms with van der Waals surface area (Å²) in [5.41, 5.74) is 3.74. The van der Waals surface area contributed by atoms with Crippen molar-refractivity contribution in [2.75, 3.05) is 7.11 Å². The van der Waals surface area contributed by atoms with Crippen molar-refractivity contribution in [3.63, 3.8) is 0 Å². The van der Waals surface area contributed by atoms with E-state index in [1.54, 1.807) is 7.11 Å². The third-order valence-electron chi connectivity index (χ3n) is 5.00. The Hall–Kier alpha value is -3.53. The molecular formula is C24H22N2O2. The molecule has 4 rings (SSSR count). The van der Waals surface area contributed by atoms with Gasteiger partial charge in [0.2, 0.25) is 0 Å². The number of fused-ring (bicyclic) bond motifs is 1. The van der Waals surface area contributed by atoms with Crippen molar-refractivity contribution in [2.45, 2.75) is 6.04 Å². The summed E-state index contributed by atoms with van der Waals surface area (Å²) in [7, 11) is 3.60. The molecule has 0 fully saturated rings. The van der Waals surface area contributed by atoms with E-state index >= 15 is 0 Å². The van der Waals surface area contributed by atoms with Crippen molar-refractivity contribution < 1.29 is 9.53 Å². The Kier molecular flexibility index (Phi) is 4.85. The number of amides is 1. The molecule has 4 nitrogen and oxygen atoms in total. The zero-order valence-electron chi connectivity index (χ0n) is 15.9. The highest BCUT2D eigenvalue weighted by Gasteiger charge is 2.20. The third kappa shape index (κ3) is 3.37. The molecule has 1 heterocycles. The standard InChI is InChI=1S/C24H22N2O2/c1-26-16-21(20-10-6-7-11-22(20)26)24(27)25-23(17-8-4-3-5-9-17)18-12-14-19(28-2)15-13-18/h3-16,23H,1-2H3,(H,25,27). The predicted molar refractivity (Wildman–Crippen MR) is 112 cm³/mol. The first kappa shape index (κ1) is 17.9. The molecule has 0 saturated heterocycles. The molecule has 4 aromatic rings. The Balaban J connectivity index is 1.71. The number of aryl methyl sites for hydroxylation is 1. The number of methoxy groups -OCH3 is 1. The smallest absolute Gasteiger partial charge is 0.254 e. The van der Waals surface area contributed by atoms with Gasteiger partial charge in [0.25, 0.3) is 5.91 Å². The second kappa shape index (κ2) is 7.61. The second-order valence-electron chi connectivity index (χ2n) is 6.76. The topological polar surface area (TPSA) is 43.3 Å². The van der Waals surface area contributed by atoms with E-state index in [9.17, 15) is 4.79 Å². The Bertz CT molecular complexity index is 1100. The normalized spacial score (nSPS) is 11.9. The highest BCUT2D eigenvalue weighted by Crippen LogP contribution is 2.26. The number of hydrogen-bond donors (Lipinski definition) is 1. The zero-order valence-corrected chi connectivity index (χ0v) is 15.9. The molecule has 0 radical (unpaired) electrons. The first-order valence-electron chi connectivity index (χ1n) is 9.21. The summed E-state index contributed by atoms with van der Waals surface area (Å²) in [5.74, 6) is 0.692. The minimum absolute atomic E-state index is 0.0959. The van der Waals surface area contributed by atoms with Crippen LogP contribution >= 0.6 is 0 Å². The van der Waals surface area contributed by atoms with Gasteiger partial charge >= 0.3 is 0 Å². The van der Waals surface area contributed by atoms with Crippen molar-refractivity contribution in [1.29, 1.82) is 0 Å². The SMILES string of the molecule is COc1ccc(C(NC(=O)c2cn(C)c3ccccc23)c2ccccc2)cc1. The maximum atomic E-state index is 13.2. The van der Waals surface area contributed by atoms with E-state index in [0.717, 1.165) is 27.8 Å². The van der Waals surface area contributed by atoms with Gasteiger partial charge in [-0.1, -0.05) is 60.7 Å². The van der Waals surface area contributed by atoms with Crippen molar-refractivity contribution in [1.82, 2.24) is 9.88 Å². The lowest BCUT2D eigenvalue weighted by atomic mass is 9.98. The van der Waals surface area contributed by atoms with Crippen molar-refractivity contribution in [3.05, 3.63) is 102 Å². The molecule has 4 heteroatoms. The maximum Gasteiger partial charge on any atom is 0.254 e. The largest absolute Gasteiger partial charge is 0.497 e. The van der Waals surface area contributed by atoms with Crippen LogP contribution in [0.4, 0.5) is 0 Å². The predicted octanol–water partition coefficient (Wildman–Crippen LogP) is 4.71. The summed E-state index contributed by atoms with van der Waals surface area (Å²) in [5, 5.41) is 4.16. The van der Waals surface area contributed by atoms with Gasteiger partial charge in [-0.25, -0.2) is 0 Å². The number of nitrogens with zero attached hydrogens (tertiary/aromatic N) is 1. The van der Waals surface area contributed by atoms with Gasteiger partial charge in [0, 0.05) is 24.1 Å². The fourth-order valence-corrected chi connectivity index (χ4v) is 3.53. The molecule has 1 N–H and O–H groups in total. The zero-order chi connectivity index (χ0) is 19.5. The average molecular weight is 370 g/mol. The molecule has 140 valence electrons. The quantitative estimate of drug-likeness (QED) is 0.553. The van der Waals surface area contributed by atoms with Gasteiger partial charge in [0.05, 0.1) is 18.7 Å². The Morgan fingerprint density at radius 3 is 2.25 bits per heavy atom. The van der Waals surface area contributed by atoms with Crippen LogP contribution in [0.2, 0.25) is 0 Å². The van der Waals surface area contributed by atoms with E-state index in [-0.39, 0.29) is 11.9 Å². The average Bonchev–Trinajstić information content (AvgIpc) is 3.10. The summed E-state index contributed by atoms with van der Waals surface area (Å²) in [6, 6.07) is 25.5. The van der Waals surface area contributed by atoms with E-state index in [0.29, 0.717) is 5.56 Å². The summed E-state index contributed by atoms with van der Waals surface area (Å²) < 4.78 is 7.25. The molecule has 0 bridgehead atoms. The molecular weight excluding hydrogens is 348 g/mol. The maximum absolute atomic E-state index is 13.2. The van der Waals surface area contributed by atoms with Crippen LogP contribution in [-0.4, -0.2) is 17.6 Å². The Labute approximate surface area is 164 Å². The number of carbonyl (C=O) groups excluding carboxylic acids is 1. The lowest BCUT2D eigenvalue weighted by Gasteiger charge is -2.20. The minimum atomic E-state index is -0.251. The molecule has 1 aromatic heterocycles. The minimum Gasteiger partial charge on any atom is -0.497 e. The van der Waals surface area contributed by atoms with Crippen LogP contribution in [-0.2, 0) is 7.05 Å². The van der Waals surface area contributed by atoms with Crippen LogP contribution in [0.25, 0.3) is 10.9 Å². The van der Waals surface area contributed by atoms with Crippen LogP contribution in [0.3, 0.4) is 0 Å². The van der Waals surface area contributed by atoms with Gasteiger partial charge in [-0.15, -0.1) is 0 Å². The molecule has 0 spiro atoms. The highest BCUT2D eigenvalue weighted by molar-refractivity contribution is 6.07. The number of carbonyl (C=O) groups is 1. The number of nitrogens with one attached hydrogen (secondary N) is 1. The lowest BCUT2D eigenvalue weighted by Crippen LogP contribution is -2.29. The van der Waals surface area contributed by atoms with Gasteiger partial charge in [0.1, 0.15) is 5.75 Å². The number of rotatable bonds is 5. The Morgan fingerprint density at radius 2 is 1.54 bits per heavy atom.